The fourth-order valence-electron chi connectivity index (χ4n) is 2.99. The summed E-state index contributed by atoms with van der Waals surface area (Å²) in [6.45, 7) is 7.61. The number of ether oxygens (including phenoxy) is 2. The van der Waals surface area contributed by atoms with Gasteiger partial charge in [0.15, 0.2) is 17.4 Å². The minimum absolute atomic E-state index is 0.0974. The molecule has 0 saturated carbocycles. The van der Waals surface area contributed by atoms with Crippen LogP contribution in [0.25, 0.3) is 0 Å². The minimum atomic E-state index is -0.319. The van der Waals surface area contributed by atoms with Crippen LogP contribution in [0.4, 0.5) is 4.39 Å². The number of para-hydroxylation sites is 1. The van der Waals surface area contributed by atoms with E-state index in [1.54, 1.807) is 18.2 Å². The third-order valence-corrected chi connectivity index (χ3v) is 4.15. The van der Waals surface area contributed by atoms with Crippen LogP contribution < -0.4 is 4.74 Å². The first-order valence-corrected chi connectivity index (χ1v) is 8.65. The molecular weight excluding hydrogens is 321 g/mol. The molecular formula is C19H24FN3O2. The number of rotatable bonds is 6. The minimum Gasteiger partial charge on any atom is -0.490 e. The summed E-state index contributed by atoms with van der Waals surface area (Å²) < 4.78 is 24.9. The average Bonchev–Trinajstić information content (AvgIpc) is 2.59. The fraction of sp³-hybridized carbons (Fsp3) is 0.474. The number of aryl methyl sites for hydroxylation is 2. The van der Waals surface area contributed by atoms with Gasteiger partial charge in [0.05, 0.1) is 13.2 Å². The van der Waals surface area contributed by atoms with E-state index < -0.39 is 0 Å². The van der Waals surface area contributed by atoms with E-state index in [0.29, 0.717) is 19.0 Å². The van der Waals surface area contributed by atoms with Crippen LogP contribution in [-0.2, 0) is 4.74 Å². The van der Waals surface area contributed by atoms with Crippen molar-refractivity contribution in [2.45, 2.75) is 26.4 Å². The van der Waals surface area contributed by atoms with Gasteiger partial charge in [0.1, 0.15) is 6.10 Å². The van der Waals surface area contributed by atoms with Crippen molar-refractivity contribution in [3.8, 4) is 5.75 Å². The number of hydrogen-bond donors (Lipinski definition) is 0. The highest BCUT2D eigenvalue weighted by atomic mass is 19.1. The Morgan fingerprint density at radius 1 is 1.24 bits per heavy atom. The molecule has 1 aromatic carbocycles. The molecule has 1 aliphatic heterocycles. The molecule has 1 aromatic heterocycles. The lowest BCUT2D eigenvalue weighted by atomic mass is 10.2. The van der Waals surface area contributed by atoms with Gasteiger partial charge in [-0.3, -0.25) is 4.90 Å². The summed E-state index contributed by atoms with van der Waals surface area (Å²) in [4.78, 5) is 11.3. The maximum Gasteiger partial charge on any atom is 0.165 e. The van der Waals surface area contributed by atoms with E-state index in [2.05, 4.69) is 14.9 Å². The molecule has 25 heavy (non-hydrogen) atoms. The van der Waals surface area contributed by atoms with Crippen molar-refractivity contribution < 1.29 is 13.9 Å². The molecule has 0 bridgehead atoms. The molecule has 1 saturated heterocycles. The zero-order chi connectivity index (χ0) is 17.6. The van der Waals surface area contributed by atoms with Gasteiger partial charge in [-0.05, 0) is 38.5 Å². The van der Waals surface area contributed by atoms with Gasteiger partial charge >= 0.3 is 0 Å². The van der Waals surface area contributed by atoms with E-state index in [-0.39, 0.29) is 11.9 Å². The van der Waals surface area contributed by atoms with E-state index >= 15 is 0 Å². The van der Waals surface area contributed by atoms with E-state index in [1.807, 2.05) is 19.9 Å². The van der Waals surface area contributed by atoms with Gasteiger partial charge in [0.2, 0.25) is 0 Å². The Labute approximate surface area is 147 Å². The molecule has 0 spiro atoms. The number of halogens is 1. The van der Waals surface area contributed by atoms with Crippen LogP contribution in [0.3, 0.4) is 0 Å². The highest BCUT2D eigenvalue weighted by molar-refractivity contribution is 5.23. The topological polar surface area (TPSA) is 47.5 Å². The first kappa shape index (κ1) is 17.8. The van der Waals surface area contributed by atoms with Gasteiger partial charge in [0, 0.05) is 31.0 Å². The van der Waals surface area contributed by atoms with Crippen molar-refractivity contribution in [2.24, 2.45) is 0 Å². The van der Waals surface area contributed by atoms with E-state index in [4.69, 9.17) is 9.47 Å². The second kappa shape index (κ2) is 8.36. The number of benzene rings is 1. The Bertz CT molecular complexity index is 691. The molecule has 6 heteroatoms. The normalized spacial score (nSPS) is 18.3. The molecule has 1 aliphatic rings. The lowest BCUT2D eigenvalue weighted by Gasteiger charge is -2.32. The van der Waals surface area contributed by atoms with Crippen molar-refractivity contribution in [2.75, 3.05) is 32.8 Å². The van der Waals surface area contributed by atoms with Crippen molar-refractivity contribution in [1.29, 1.82) is 0 Å². The van der Waals surface area contributed by atoms with Crippen LogP contribution >= 0.6 is 0 Å². The number of hydrogen-bond acceptors (Lipinski definition) is 5. The zero-order valence-corrected chi connectivity index (χ0v) is 14.7. The van der Waals surface area contributed by atoms with E-state index in [9.17, 15) is 4.39 Å². The Morgan fingerprint density at radius 2 is 2.00 bits per heavy atom. The van der Waals surface area contributed by atoms with Crippen LogP contribution in [0.2, 0.25) is 0 Å². The molecule has 0 aliphatic carbocycles. The summed E-state index contributed by atoms with van der Waals surface area (Å²) in [7, 11) is 0. The molecule has 0 unspecified atom stereocenters. The second-order valence-corrected chi connectivity index (χ2v) is 6.30. The highest BCUT2D eigenvalue weighted by Crippen LogP contribution is 2.20. The first-order valence-electron chi connectivity index (χ1n) is 8.65. The lowest BCUT2D eigenvalue weighted by molar-refractivity contribution is -0.0354. The predicted molar refractivity (Wildman–Crippen MR) is 93.2 cm³/mol. The van der Waals surface area contributed by atoms with Crippen LogP contribution in [0, 0.1) is 19.7 Å². The van der Waals surface area contributed by atoms with Gasteiger partial charge in [-0.15, -0.1) is 0 Å². The Hall–Kier alpha value is -2.05. The fourth-order valence-corrected chi connectivity index (χ4v) is 2.99. The van der Waals surface area contributed by atoms with Crippen molar-refractivity contribution in [3.63, 3.8) is 0 Å². The molecule has 0 radical (unpaired) electrons. The maximum atomic E-state index is 13.5. The predicted octanol–water partition coefficient (Wildman–Crippen LogP) is 3.07. The van der Waals surface area contributed by atoms with Gasteiger partial charge in [-0.25, -0.2) is 14.4 Å². The number of aromatic nitrogens is 2. The average molecular weight is 345 g/mol. The monoisotopic (exact) mass is 345 g/mol. The van der Waals surface area contributed by atoms with E-state index in [0.717, 1.165) is 43.3 Å². The van der Waals surface area contributed by atoms with E-state index in [1.165, 1.54) is 6.07 Å². The zero-order valence-electron chi connectivity index (χ0n) is 14.7. The molecule has 134 valence electrons. The molecule has 5 nitrogen and oxygen atoms in total. The summed E-state index contributed by atoms with van der Waals surface area (Å²) in [5, 5.41) is 0. The molecule has 3 rings (SSSR count). The SMILES string of the molecule is Cc1cc(C)nc([C@@H]2CN(CCCOc3ccccc3F)CCO2)n1. The van der Waals surface area contributed by atoms with Crippen molar-refractivity contribution in [3.05, 3.63) is 53.4 Å². The van der Waals surface area contributed by atoms with Gasteiger partial charge in [0.25, 0.3) is 0 Å². The largest absolute Gasteiger partial charge is 0.490 e. The molecule has 2 aromatic rings. The maximum absolute atomic E-state index is 13.5. The Kier molecular flexibility index (Phi) is 5.94. The summed E-state index contributed by atoms with van der Waals surface area (Å²) in [5.74, 6) is 0.747. The van der Waals surface area contributed by atoms with Gasteiger partial charge in [-0.1, -0.05) is 12.1 Å². The van der Waals surface area contributed by atoms with Crippen LogP contribution in [0.5, 0.6) is 5.75 Å². The molecule has 1 atom stereocenters. The lowest BCUT2D eigenvalue weighted by Crippen LogP contribution is -2.39. The number of morpholine rings is 1. The molecule has 1 fully saturated rings. The summed E-state index contributed by atoms with van der Waals surface area (Å²) in [6.07, 6.45) is 0.731. The van der Waals surface area contributed by atoms with Crippen molar-refractivity contribution >= 4 is 0 Å². The smallest absolute Gasteiger partial charge is 0.165 e. The Balaban J connectivity index is 1.48. The summed E-state index contributed by atoms with van der Waals surface area (Å²) in [6, 6.07) is 8.45. The molecule has 0 N–H and O–H groups in total. The highest BCUT2D eigenvalue weighted by Gasteiger charge is 2.24. The van der Waals surface area contributed by atoms with Crippen molar-refractivity contribution in [1.82, 2.24) is 14.9 Å². The summed E-state index contributed by atoms with van der Waals surface area (Å²) >= 11 is 0. The number of nitrogens with zero attached hydrogens (tertiary/aromatic N) is 3. The quantitative estimate of drug-likeness (QED) is 0.753. The molecule has 0 amide bonds. The van der Waals surface area contributed by atoms with Crippen LogP contribution in [0.1, 0.15) is 29.7 Å². The first-order chi connectivity index (χ1) is 12.1. The second-order valence-electron chi connectivity index (χ2n) is 6.30. The van der Waals surface area contributed by atoms with Gasteiger partial charge in [-0.2, -0.15) is 0 Å². The summed E-state index contributed by atoms with van der Waals surface area (Å²) in [5.41, 5.74) is 1.92. The Morgan fingerprint density at radius 3 is 2.76 bits per heavy atom. The molecule has 2 heterocycles. The van der Waals surface area contributed by atoms with Crippen LogP contribution in [0.15, 0.2) is 30.3 Å². The van der Waals surface area contributed by atoms with Crippen LogP contribution in [-0.4, -0.2) is 47.7 Å². The van der Waals surface area contributed by atoms with Gasteiger partial charge < -0.3 is 9.47 Å². The standard InChI is InChI=1S/C19H24FN3O2/c1-14-12-15(2)22-19(21-14)18-13-23(9-11-25-18)8-5-10-24-17-7-4-3-6-16(17)20/h3-4,6-7,12,18H,5,8-11,13H2,1-2H3/t18-/m0/s1. The third-order valence-electron chi connectivity index (χ3n) is 4.15. The third kappa shape index (κ3) is 4.96.